The van der Waals surface area contributed by atoms with Gasteiger partial charge in [0.25, 0.3) is 5.91 Å². The third kappa shape index (κ3) is 6.05. The maximum absolute atomic E-state index is 13.7. The van der Waals surface area contributed by atoms with Crippen molar-refractivity contribution < 1.29 is 35.5 Å². The Hall–Kier alpha value is -3.70. The van der Waals surface area contributed by atoms with Gasteiger partial charge in [0.05, 0.1) is 11.1 Å². The number of carbonyl (C=O) groups is 1. The largest absolute Gasteiger partial charge is 0.416 e. The van der Waals surface area contributed by atoms with E-state index in [-0.39, 0.29) is 38.1 Å². The van der Waals surface area contributed by atoms with Crippen LogP contribution in [-0.4, -0.2) is 47.0 Å². The van der Waals surface area contributed by atoms with E-state index in [1.54, 1.807) is 26.0 Å². The number of hydrogen-bond donors (Lipinski definition) is 0. The molecule has 0 unspecified atom stereocenters. The van der Waals surface area contributed by atoms with Gasteiger partial charge in [0.2, 0.25) is 0 Å². The van der Waals surface area contributed by atoms with Crippen LogP contribution in [0.25, 0.3) is 0 Å². The first kappa shape index (κ1) is 27.3. The highest BCUT2D eigenvalue weighted by molar-refractivity contribution is 5.95. The second-order valence-electron chi connectivity index (χ2n) is 9.04. The molecule has 1 aliphatic rings. The first-order valence-corrected chi connectivity index (χ1v) is 11.6. The molecule has 0 atom stereocenters. The number of nitrogens with zero attached hydrogens (tertiary/aromatic N) is 4. The van der Waals surface area contributed by atoms with Gasteiger partial charge in [-0.2, -0.15) is 26.3 Å². The Balaban J connectivity index is 1.56. The SMILES string of the molecule is Cc1nc(C)c(Cc2cccc(F)c2)c(N2CCN(C(=O)c3cc(C(F)(F)F)cc(C(F)(F)F)c3)CC2)n1. The smallest absolute Gasteiger partial charge is 0.353 e. The zero-order valence-electron chi connectivity index (χ0n) is 20.4. The Labute approximate surface area is 213 Å². The van der Waals surface area contributed by atoms with Gasteiger partial charge >= 0.3 is 12.4 Å². The van der Waals surface area contributed by atoms with Crippen LogP contribution in [0.4, 0.5) is 36.6 Å². The van der Waals surface area contributed by atoms with Crippen LogP contribution in [0.1, 0.15) is 44.1 Å². The van der Waals surface area contributed by atoms with Crippen LogP contribution in [0.15, 0.2) is 42.5 Å². The quantitative estimate of drug-likeness (QED) is 0.392. The van der Waals surface area contributed by atoms with Crippen molar-refractivity contribution in [3.05, 3.63) is 87.6 Å². The molecule has 0 spiro atoms. The van der Waals surface area contributed by atoms with Gasteiger partial charge in [-0.15, -0.1) is 0 Å². The Morgan fingerprint density at radius 1 is 0.868 bits per heavy atom. The standard InChI is InChI=1S/C26H23F7N4O/c1-15-22(11-17-4-3-5-21(27)10-17)23(35-16(2)34-15)36-6-8-37(9-7-36)24(38)18-12-19(25(28,29)30)14-20(13-18)26(31,32)33/h3-5,10,12-14H,6-9,11H2,1-2H3. The predicted molar refractivity (Wildman–Crippen MR) is 125 cm³/mol. The van der Waals surface area contributed by atoms with Crippen LogP contribution >= 0.6 is 0 Å². The van der Waals surface area contributed by atoms with Crippen molar-refractivity contribution in [2.24, 2.45) is 0 Å². The molecule has 202 valence electrons. The average molecular weight is 540 g/mol. The van der Waals surface area contributed by atoms with Gasteiger partial charge < -0.3 is 9.80 Å². The third-order valence-corrected chi connectivity index (χ3v) is 6.27. The first-order chi connectivity index (χ1) is 17.7. The molecule has 0 bridgehead atoms. The number of hydrogen-bond acceptors (Lipinski definition) is 4. The number of aromatic nitrogens is 2. The summed E-state index contributed by atoms with van der Waals surface area (Å²) in [6.45, 7) is 4.11. The second kappa shape index (κ2) is 10.2. The monoisotopic (exact) mass is 540 g/mol. The van der Waals surface area contributed by atoms with Gasteiger partial charge in [-0.05, 0) is 49.7 Å². The van der Waals surface area contributed by atoms with E-state index in [0.29, 0.717) is 41.5 Å². The zero-order valence-corrected chi connectivity index (χ0v) is 20.4. The predicted octanol–water partition coefficient (Wildman–Crippen LogP) is 5.82. The highest BCUT2D eigenvalue weighted by Gasteiger charge is 2.38. The summed E-state index contributed by atoms with van der Waals surface area (Å²) in [5.41, 5.74) is -1.60. The molecule has 4 rings (SSSR count). The lowest BCUT2D eigenvalue weighted by Gasteiger charge is -2.36. The van der Waals surface area contributed by atoms with Crippen molar-refractivity contribution >= 4 is 11.7 Å². The fourth-order valence-electron chi connectivity index (χ4n) is 4.42. The minimum absolute atomic E-state index is 0.00533. The number of aryl methyl sites for hydroxylation is 2. The van der Waals surface area contributed by atoms with E-state index in [9.17, 15) is 35.5 Å². The van der Waals surface area contributed by atoms with Crippen molar-refractivity contribution in [1.29, 1.82) is 0 Å². The number of carbonyl (C=O) groups excluding carboxylic acids is 1. The molecule has 1 aromatic heterocycles. The first-order valence-electron chi connectivity index (χ1n) is 11.6. The number of benzene rings is 2. The summed E-state index contributed by atoms with van der Waals surface area (Å²) < 4.78 is 93.1. The summed E-state index contributed by atoms with van der Waals surface area (Å²) >= 11 is 0. The van der Waals surface area contributed by atoms with E-state index in [4.69, 9.17) is 0 Å². The molecule has 5 nitrogen and oxygen atoms in total. The van der Waals surface area contributed by atoms with Crippen molar-refractivity contribution in [2.75, 3.05) is 31.1 Å². The van der Waals surface area contributed by atoms with E-state index >= 15 is 0 Å². The lowest BCUT2D eigenvalue weighted by atomic mass is 10.0. The summed E-state index contributed by atoms with van der Waals surface area (Å²) in [5.74, 6) is -0.214. The van der Waals surface area contributed by atoms with Gasteiger partial charge in [0, 0.05) is 49.4 Å². The summed E-state index contributed by atoms with van der Waals surface area (Å²) in [5, 5.41) is 0. The second-order valence-corrected chi connectivity index (χ2v) is 9.04. The molecule has 2 heterocycles. The van der Waals surface area contributed by atoms with Crippen LogP contribution in [0.2, 0.25) is 0 Å². The Kier molecular flexibility index (Phi) is 7.35. The lowest BCUT2D eigenvalue weighted by Crippen LogP contribution is -2.49. The average Bonchev–Trinajstić information content (AvgIpc) is 2.84. The lowest BCUT2D eigenvalue weighted by molar-refractivity contribution is -0.143. The van der Waals surface area contributed by atoms with Crippen LogP contribution < -0.4 is 4.90 Å². The highest BCUT2D eigenvalue weighted by atomic mass is 19.4. The number of alkyl halides is 6. The molecule has 0 radical (unpaired) electrons. The van der Waals surface area contributed by atoms with E-state index in [2.05, 4.69) is 9.97 Å². The van der Waals surface area contributed by atoms with Crippen molar-refractivity contribution in [1.82, 2.24) is 14.9 Å². The van der Waals surface area contributed by atoms with E-state index in [1.165, 1.54) is 17.0 Å². The Morgan fingerprint density at radius 2 is 1.47 bits per heavy atom. The van der Waals surface area contributed by atoms with Crippen LogP contribution in [0.5, 0.6) is 0 Å². The van der Waals surface area contributed by atoms with Gasteiger partial charge in [0.15, 0.2) is 0 Å². The van der Waals surface area contributed by atoms with E-state index in [0.717, 1.165) is 5.56 Å². The number of piperazine rings is 1. The highest BCUT2D eigenvalue weighted by Crippen LogP contribution is 2.36. The Morgan fingerprint density at radius 3 is 2.03 bits per heavy atom. The summed E-state index contributed by atoms with van der Waals surface area (Å²) in [6.07, 6.45) is -9.74. The van der Waals surface area contributed by atoms with Gasteiger partial charge in [0.1, 0.15) is 17.5 Å². The number of anilines is 1. The van der Waals surface area contributed by atoms with Crippen molar-refractivity contribution in [3.63, 3.8) is 0 Å². The molecular formula is C26H23F7N4O. The molecular weight excluding hydrogens is 517 g/mol. The summed E-state index contributed by atoms with van der Waals surface area (Å²) in [6, 6.07) is 6.99. The minimum atomic E-state index is -5.05. The van der Waals surface area contributed by atoms with Crippen LogP contribution in [0.3, 0.4) is 0 Å². The molecule has 1 amide bonds. The number of amides is 1. The molecule has 3 aromatic rings. The fourth-order valence-corrected chi connectivity index (χ4v) is 4.42. The summed E-state index contributed by atoms with van der Waals surface area (Å²) in [7, 11) is 0. The molecule has 0 aliphatic carbocycles. The fraction of sp³-hybridized carbons (Fsp3) is 0.346. The molecule has 1 saturated heterocycles. The minimum Gasteiger partial charge on any atom is -0.353 e. The molecule has 2 aromatic carbocycles. The molecule has 12 heteroatoms. The molecule has 1 fully saturated rings. The topological polar surface area (TPSA) is 49.3 Å². The third-order valence-electron chi connectivity index (χ3n) is 6.27. The normalized spacial score (nSPS) is 14.7. The van der Waals surface area contributed by atoms with E-state index in [1.807, 2.05) is 4.90 Å². The summed E-state index contributed by atoms with van der Waals surface area (Å²) in [4.78, 5) is 25.0. The van der Waals surface area contributed by atoms with Gasteiger partial charge in [-0.1, -0.05) is 12.1 Å². The molecule has 1 aliphatic heterocycles. The maximum Gasteiger partial charge on any atom is 0.416 e. The number of halogens is 7. The van der Waals surface area contributed by atoms with Gasteiger partial charge in [-0.3, -0.25) is 4.79 Å². The van der Waals surface area contributed by atoms with E-state index < -0.39 is 35.0 Å². The molecule has 0 N–H and O–H groups in total. The number of rotatable bonds is 4. The van der Waals surface area contributed by atoms with Crippen LogP contribution in [0, 0.1) is 19.7 Å². The molecule has 38 heavy (non-hydrogen) atoms. The van der Waals surface area contributed by atoms with Gasteiger partial charge in [-0.25, -0.2) is 14.4 Å². The molecule has 0 saturated carbocycles. The maximum atomic E-state index is 13.7. The Bertz CT molecular complexity index is 1310. The van der Waals surface area contributed by atoms with Crippen LogP contribution in [-0.2, 0) is 18.8 Å². The van der Waals surface area contributed by atoms with Crippen molar-refractivity contribution in [2.45, 2.75) is 32.6 Å². The van der Waals surface area contributed by atoms with Crippen molar-refractivity contribution in [3.8, 4) is 0 Å². The zero-order chi connectivity index (χ0) is 27.8.